The minimum Gasteiger partial charge on any atom is -0.375 e. The van der Waals surface area contributed by atoms with Crippen LogP contribution in [0.25, 0.3) is 0 Å². The van der Waals surface area contributed by atoms with Gasteiger partial charge in [-0.1, -0.05) is 23.7 Å². The van der Waals surface area contributed by atoms with Gasteiger partial charge in [0.15, 0.2) is 0 Å². The smallest absolute Gasteiger partial charge is 0.0718 e. The van der Waals surface area contributed by atoms with Crippen LogP contribution >= 0.6 is 11.6 Å². The molecular formula is C12H16ClNO. The van der Waals surface area contributed by atoms with E-state index in [-0.39, 0.29) is 0 Å². The summed E-state index contributed by atoms with van der Waals surface area (Å²) in [6.07, 6.45) is 2.50. The molecule has 1 aromatic rings. The summed E-state index contributed by atoms with van der Waals surface area (Å²) in [7, 11) is 0. The molecule has 0 amide bonds. The summed E-state index contributed by atoms with van der Waals surface area (Å²) in [5, 5.41) is 4.18. The highest BCUT2D eigenvalue weighted by atomic mass is 35.5. The van der Waals surface area contributed by atoms with E-state index in [1.807, 2.05) is 24.3 Å². The molecule has 0 spiro atoms. The zero-order valence-electron chi connectivity index (χ0n) is 8.71. The lowest BCUT2D eigenvalue weighted by atomic mass is 10.2. The minimum atomic E-state index is 0.546. The van der Waals surface area contributed by atoms with E-state index >= 15 is 0 Å². The van der Waals surface area contributed by atoms with Crippen LogP contribution in [0.4, 0.5) is 0 Å². The van der Waals surface area contributed by atoms with E-state index in [9.17, 15) is 0 Å². The van der Waals surface area contributed by atoms with Gasteiger partial charge in [-0.15, -0.1) is 0 Å². The lowest BCUT2D eigenvalue weighted by molar-refractivity contribution is 0.103. The van der Waals surface area contributed by atoms with Crippen molar-refractivity contribution in [3.63, 3.8) is 0 Å². The molecule has 1 saturated heterocycles. The number of hydrogen-bond donors (Lipinski definition) is 1. The maximum atomic E-state index is 5.88. The summed E-state index contributed by atoms with van der Waals surface area (Å²) >= 11 is 5.88. The van der Waals surface area contributed by atoms with Crippen molar-refractivity contribution < 1.29 is 4.74 Å². The van der Waals surface area contributed by atoms with Crippen molar-refractivity contribution in [1.82, 2.24) is 5.32 Å². The highest BCUT2D eigenvalue weighted by Crippen LogP contribution is 2.12. The fourth-order valence-electron chi connectivity index (χ4n) is 1.84. The maximum absolute atomic E-state index is 5.88. The Bertz CT molecular complexity index is 310. The van der Waals surface area contributed by atoms with E-state index in [1.165, 1.54) is 12.8 Å². The van der Waals surface area contributed by atoms with Crippen LogP contribution in [0.3, 0.4) is 0 Å². The monoisotopic (exact) mass is 225 g/mol. The number of benzene rings is 1. The van der Waals surface area contributed by atoms with Crippen molar-refractivity contribution in [2.75, 3.05) is 13.2 Å². The number of ether oxygens (including phenoxy) is 1. The SMILES string of the molecule is Clc1cccc(COCC2CCCN2)c1. The van der Waals surface area contributed by atoms with Gasteiger partial charge in [0.1, 0.15) is 0 Å². The van der Waals surface area contributed by atoms with Gasteiger partial charge in [-0.25, -0.2) is 0 Å². The molecule has 15 heavy (non-hydrogen) atoms. The molecule has 2 rings (SSSR count). The molecule has 2 nitrogen and oxygen atoms in total. The fourth-order valence-corrected chi connectivity index (χ4v) is 2.06. The summed E-state index contributed by atoms with van der Waals surface area (Å²) in [5.41, 5.74) is 1.14. The molecule has 0 bridgehead atoms. The maximum Gasteiger partial charge on any atom is 0.0718 e. The molecule has 0 saturated carbocycles. The van der Waals surface area contributed by atoms with Crippen LogP contribution in [0.5, 0.6) is 0 Å². The molecular weight excluding hydrogens is 210 g/mol. The Morgan fingerprint density at radius 2 is 2.40 bits per heavy atom. The Kier molecular flexibility index (Phi) is 4.01. The molecule has 1 aliphatic heterocycles. The molecule has 3 heteroatoms. The second kappa shape index (κ2) is 5.50. The van der Waals surface area contributed by atoms with Crippen LogP contribution in [0, 0.1) is 0 Å². The average molecular weight is 226 g/mol. The van der Waals surface area contributed by atoms with Crippen molar-refractivity contribution in [1.29, 1.82) is 0 Å². The third kappa shape index (κ3) is 3.49. The first-order valence-corrected chi connectivity index (χ1v) is 5.78. The minimum absolute atomic E-state index is 0.546. The standard InChI is InChI=1S/C12H16ClNO/c13-11-4-1-3-10(7-11)8-15-9-12-5-2-6-14-12/h1,3-4,7,12,14H,2,5-6,8-9H2. The van der Waals surface area contributed by atoms with Crippen LogP contribution in [0.15, 0.2) is 24.3 Å². The normalized spacial score (nSPS) is 20.7. The van der Waals surface area contributed by atoms with E-state index in [2.05, 4.69) is 5.32 Å². The second-order valence-electron chi connectivity index (χ2n) is 3.94. The summed E-state index contributed by atoms with van der Waals surface area (Å²) in [6.45, 7) is 2.58. The van der Waals surface area contributed by atoms with E-state index < -0.39 is 0 Å². The Balaban J connectivity index is 1.73. The number of nitrogens with one attached hydrogen (secondary N) is 1. The summed E-state index contributed by atoms with van der Waals surface area (Å²) in [6, 6.07) is 8.36. The highest BCUT2D eigenvalue weighted by molar-refractivity contribution is 6.30. The first-order chi connectivity index (χ1) is 7.34. The van der Waals surface area contributed by atoms with E-state index in [1.54, 1.807) is 0 Å². The molecule has 1 N–H and O–H groups in total. The highest BCUT2D eigenvalue weighted by Gasteiger charge is 2.13. The molecule has 0 aliphatic carbocycles. The van der Waals surface area contributed by atoms with E-state index in [4.69, 9.17) is 16.3 Å². The van der Waals surface area contributed by atoms with Crippen LogP contribution in [0.2, 0.25) is 5.02 Å². The third-order valence-electron chi connectivity index (χ3n) is 2.64. The first kappa shape index (κ1) is 10.9. The van der Waals surface area contributed by atoms with Crippen molar-refractivity contribution in [3.8, 4) is 0 Å². The van der Waals surface area contributed by atoms with Crippen molar-refractivity contribution in [2.24, 2.45) is 0 Å². The zero-order chi connectivity index (χ0) is 10.5. The van der Waals surface area contributed by atoms with Gasteiger partial charge in [-0.3, -0.25) is 0 Å². The van der Waals surface area contributed by atoms with Gasteiger partial charge in [0.05, 0.1) is 13.2 Å². The topological polar surface area (TPSA) is 21.3 Å². The Hall–Kier alpha value is -0.570. The summed E-state index contributed by atoms with van der Waals surface area (Å²) in [5.74, 6) is 0. The summed E-state index contributed by atoms with van der Waals surface area (Å²) < 4.78 is 5.64. The molecule has 0 aromatic heterocycles. The average Bonchev–Trinajstić information content (AvgIpc) is 2.71. The second-order valence-corrected chi connectivity index (χ2v) is 4.37. The molecule has 1 aromatic carbocycles. The molecule has 0 radical (unpaired) electrons. The third-order valence-corrected chi connectivity index (χ3v) is 2.87. The molecule has 1 aliphatic rings. The van der Waals surface area contributed by atoms with Crippen LogP contribution in [-0.2, 0) is 11.3 Å². The Morgan fingerprint density at radius 1 is 1.47 bits per heavy atom. The van der Waals surface area contributed by atoms with Gasteiger partial charge in [-0.2, -0.15) is 0 Å². The van der Waals surface area contributed by atoms with Gasteiger partial charge in [0.25, 0.3) is 0 Å². The molecule has 1 atom stereocenters. The van der Waals surface area contributed by atoms with Gasteiger partial charge in [0, 0.05) is 11.1 Å². The zero-order valence-corrected chi connectivity index (χ0v) is 9.46. The predicted octanol–water partition coefficient (Wildman–Crippen LogP) is 2.61. The van der Waals surface area contributed by atoms with Crippen LogP contribution in [-0.4, -0.2) is 19.2 Å². The fraction of sp³-hybridized carbons (Fsp3) is 0.500. The molecule has 82 valence electrons. The lowest BCUT2D eigenvalue weighted by Gasteiger charge is -2.10. The first-order valence-electron chi connectivity index (χ1n) is 5.40. The number of halogens is 1. The Labute approximate surface area is 95.6 Å². The summed E-state index contributed by atoms with van der Waals surface area (Å²) in [4.78, 5) is 0. The van der Waals surface area contributed by atoms with E-state index in [0.717, 1.165) is 23.7 Å². The Morgan fingerprint density at radius 3 is 3.13 bits per heavy atom. The van der Waals surface area contributed by atoms with Gasteiger partial charge < -0.3 is 10.1 Å². The number of rotatable bonds is 4. The molecule has 1 unspecified atom stereocenters. The van der Waals surface area contributed by atoms with Gasteiger partial charge >= 0.3 is 0 Å². The quantitative estimate of drug-likeness (QED) is 0.851. The largest absolute Gasteiger partial charge is 0.375 e. The molecule has 1 heterocycles. The lowest BCUT2D eigenvalue weighted by Crippen LogP contribution is -2.26. The van der Waals surface area contributed by atoms with Gasteiger partial charge in [0.2, 0.25) is 0 Å². The van der Waals surface area contributed by atoms with Crippen LogP contribution in [0.1, 0.15) is 18.4 Å². The predicted molar refractivity (Wildman–Crippen MR) is 62.1 cm³/mol. The number of hydrogen-bond acceptors (Lipinski definition) is 2. The van der Waals surface area contributed by atoms with Crippen molar-refractivity contribution >= 4 is 11.6 Å². The van der Waals surface area contributed by atoms with Crippen molar-refractivity contribution in [3.05, 3.63) is 34.9 Å². The van der Waals surface area contributed by atoms with Gasteiger partial charge in [-0.05, 0) is 37.1 Å². The van der Waals surface area contributed by atoms with Crippen molar-refractivity contribution in [2.45, 2.75) is 25.5 Å². The van der Waals surface area contributed by atoms with E-state index in [0.29, 0.717) is 12.6 Å². The van der Waals surface area contributed by atoms with Crippen LogP contribution < -0.4 is 5.32 Å². The molecule has 1 fully saturated rings.